The largest absolute Gasteiger partial charge is 0.507 e. The molecule has 0 aromatic heterocycles. The highest BCUT2D eigenvalue weighted by atomic mass is 16.5. The molecule has 0 atom stereocenters. The maximum atomic E-state index is 12.3. The Hall–Kier alpha value is -3.54. The fourth-order valence-corrected chi connectivity index (χ4v) is 2.87. The Bertz CT molecular complexity index is 1010. The summed E-state index contributed by atoms with van der Waals surface area (Å²) in [6.07, 6.45) is 0.0504. The summed E-state index contributed by atoms with van der Waals surface area (Å²) in [5, 5.41) is 11.7. The molecule has 0 unspecified atom stereocenters. The number of phenolic OH excluding ortho intramolecular Hbond substituents is 1. The lowest BCUT2D eigenvalue weighted by molar-refractivity contribution is -0.121. The normalized spacial score (nSPS) is 10.4. The smallest absolute Gasteiger partial charge is 0.273 e. The van der Waals surface area contributed by atoms with E-state index in [0.717, 1.165) is 21.9 Å². The molecule has 0 spiro atoms. The third kappa shape index (κ3) is 4.17. The molecule has 3 aromatic carbocycles. The van der Waals surface area contributed by atoms with E-state index in [1.807, 2.05) is 43.3 Å². The number of rotatable bonds is 4. The Morgan fingerprint density at radius 2 is 1.70 bits per heavy atom. The maximum Gasteiger partial charge on any atom is 0.273 e. The van der Waals surface area contributed by atoms with E-state index in [-0.39, 0.29) is 17.7 Å². The van der Waals surface area contributed by atoms with Gasteiger partial charge in [-0.15, -0.1) is 0 Å². The number of methoxy groups -OCH3 is 1. The third-order valence-corrected chi connectivity index (χ3v) is 4.21. The van der Waals surface area contributed by atoms with Gasteiger partial charge in [0.25, 0.3) is 5.91 Å². The lowest BCUT2D eigenvalue weighted by atomic mass is 10.1. The summed E-state index contributed by atoms with van der Waals surface area (Å²) in [5.74, 6) is -0.537. The van der Waals surface area contributed by atoms with Crippen LogP contribution >= 0.6 is 0 Å². The maximum absolute atomic E-state index is 12.3. The van der Waals surface area contributed by atoms with Crippen LogP contribution < -0.4 is 15.6 Å². The van der Waals surface area contributed by atoms with E-state index in [1.54, 1.807) is 12.1 Å². The number of hydrogen-bond donors (Lipinski definition) is 3. The number of nitrogens with one attached hydrogen (secondary N) is 2. The van der Waals surface area contributed by atoms with Crippen LogP contribution in [0.15, 0.2) is 54.6 Å². The van der Waals surface area contributed by atoms with Gasteiger partial charge in [-0.2, -0.15) is 0 Å². The Morgan fingerprint density at radius 1 is 1.00 bits per heavy atom. The summed E-state index contributed by atoms with van der Waals surface area (Å²) in [7, 11) is 1.54. The summed E-state index contributed by atoms with van der Waals surface area (Å²) in [6, 6.07) is 16.0. The standard InChI is InChI=1S/C21H20N2O4/c1-13-7-8-19(27-2)16(9-13)12-20(25)22-23-21(26)17-10-14-5-3-4-6-15(14)11-18(17)24/h3-11,24H,12H2,1-2H3,(H,22,25)(H,23,26). The van der Waals surface area contributed by atoms with Crippen molar-refractivity contribution in [2.75, 3.05) is 7.11 Å². The molecule has 0 saturated heterocycles. The summed E-state index contributed by atoms with van der Waals surface area (Å²) >= 11 is 0. The van der Waals surface area contributed by atoms with Crippen molar-refractivity contribution in [3.05, 3.63) is 71.3 Å². The molecule has 138 valence electrons. The van der Waals surface area contributed by atoms with Crippen molar-refractivity contribution >= 4 is 22.6 Å². The second-order valence-corrected chi connectivity index (χ2v) is 6.21. The average molecular weight is 364 g/mol. The first-order valence-electron chi connectivity index (χ1n) is 8.42. The molecule has 0 radical (unpaired) electrons. The first-order valence-corrected chi connectivity index (χ1v) is 8.42. The number of ether oxygens (including phenoxy) is 1. The zero-order chi connectivity index (χ0) is 19.4. The lowest BCUT2D eigenvalue weighted by Gasteiger charge is -2.12. The number of carbonyl (C=O) groups excluding carboxylic acids is 2. The van der Waals surface area contributed by atoms with Crippen LogP contribution in [-0.2, 0) is 11.2 Å². The van der Waals surface area contributed by atoms with Gasteiger partial charge in [0.1, 0.15) is 11.5 Å². The Morgan fingerprint density at radius 3 is 2.41 bits per heavy atom. The van der Waals surface area contributed by atoms with Gasteiger partial charge in [-0.05, 0) is 35.9 Å². The Labute approximate surface area is 156 Å². The molecule has 0 fully saturated rings. The predicted octanol–water partition coefficient (Wildman–Crippen LogP) is 2.87. The highest BCUT2D eigenvalue weighted by Crippen LogP contribution is 2.25. The Kier molecular flexibility index (Phi) is 5.26. The predicted molar refractivity (Wildman–Crippen MR) is 103 cm³/mol. The minimum atomic E-state index is -0.595. The number of amides is 2. The topological polar surface area (TPSA) is 87.7 Å². The number of aromatic hydroxyl groups is 1. The quantitative estimate of drug-likeness (QED) is 0.621. The van der Waals surface area contributed by atoms with Crippen LogP contribution in [0.2, 0.25) is 0 Å². The third-order valence-electron chi connectivity index (χ3n) is 4.21. The number of benzene rings is 3. The Balaban J connectivity index is 1.68. The van der Waals surface area contributed by atoms with Crippen LogP contribution in [0.1, 0.15) is 21.5 Å². The second kappa shape index (κ2) is 7.78. The minimum Gasteiger partial charge on any atom is -0.507 e. The van der Waals surface area contributed by atoms with Crippen LogP contribution in [0.4, 0.5) is 0 Å². The van der Waals surface area contributed by atoms with Crippen molar-refractivity contribution in [3.8, 4) is 11.5 Å². The molecule has 3 N–H and O–H groups in total. The summed E-state index contributed by atoms with van der Waals surface area (Å²) in [5.41, 5.74) is 6.52. The summed E-state index contributed by atoms with van der Waals surface area (Å²) < 4.78 is 5.25. The molecule has 0 aliphatic heterocycles. The van der Waals surface area contributed by atoms with Crippen LogP contribution in [0, 0.1) is 6.92 Å². The number of carbonyl (C=O) groups is 2. The van der Waals surface area contributed by atoms with Gasteiger partial charge in [-0.25, -0.2) is 0 Å². The molecule has 0 heterocycles. The van der Waals surface area contributed by atoms with Crippen molar-refractivity contribution in [2.24, 2.45) is 0 Å². The second-order valence-electron chi connectivity index (χ2n) is 6.21. The monoisotopic (exact) mass is 364 g/mol. The zero-order valence-corrected chi connectivity index (χ0v) is 15.1. The average Bonchev–Trinajstić information content (AvgIpc) is 2.65. The molecule has 6 heteroatoms. The minimum absolute atomic E-state index is 0.0504. The number of aryl methyl sites for hydroxylation is 1. The first-order chi connectivity index (χ1) is 13.0. The van der Waals surface area contributed by atoms with Crippen LogP contribution in [0.5, 0.6) is 11.5 Å². The number of fused-ring (bicyclic) bond motifs is 1. The van der Waals surface area contributed by atoms with E-state index in [2.05, 4.69) is 10.9 Å². The van der Waals surface area contributed by atoms with Gasteiger partial charge in [0.05, 0.1) is 19.1 Å². The number of hydrazine groups is 1. The van der Waals surface area contributed by atoms with Crippen LogP contribution in [-0.4, -0.2) is 24.0 Å². The number of hydrogen-bond acceptors (Lipinski definition) is 4. The molecular formula is C21H20N2O4. The van der Waals surface area contributed by atoms with Crippen molar-refractivity contribution < 1.29 is 19.4 Å². The van der Waals surface area contributed by atoms with Gasteiger partial charge in [0.2, 0.25) is 5.91 Å². The molecule has 27 heavy (non-hydrogen) atoms. The van der Waals surface area contributed by atoms with Gasteiger partial charge in [0, 0.05) is 5.56 Å². The molecule has 6 nitrogen and oxygen atoms in total. The van der Waals surface area contributed by atoms with Crippen molar-refractivity contribution in [2.45, 2.75) is 13.3 Å². The van der Waals surface area contributed by atoms with Crippen molar-refractivity contribution in [1.82, 2.24) is 10.9 Å². The molecular weight excluding hydrogens is 344 g/mol. The molecule has 0 saturated carbocycles. The highest BCUT2D eigenvalue weighted by Gasteiger charge is 2.14. The van der Waals surface area contributed by atoms with E-state index in [4.69, 9.17) is 4.74 Å². The van der Waals surface area contributed by atoms with Gasteiger partial charge < -0.3 is 9.84 Å². The zero-order valence-electron chi connectivity index (χ0n) is 15.1. The van der Waals surface area contributed by atoms with Gasteiger partial charge in [-0.1, -0.05) is 42.0 Å². The number of phenols is 1. The summed E-state index contributed by atoms with van der Waals surface area (Å²) in [4.78, 5) is 24.5. The molecule has 3 aromatic rings. The van der Waals surface area contributed by atoms with E-state index >= 15 is 0 Å². The van der Waals surface area contributed by atoms with Crippen LogP contribution in [0.25, 0.3) is 10.8 Å². The molecule has 0 aliphatic carbocycles. The molecule has 0 bridgehead atoms. The van der Waals surface area contributed by atoms with Gasteiger partial charge >= 0.3 is 0 Å². The van der Waals surface area contributed by atoms with Crippen LogP contribution in [0.3, 0.4) is 0 Å². The van der Waals surface area contributed by atoms with E-state index < -0.39 is 11.8 Å². The van der Waals surface area contributed by atoms with E-state index in [0.29, 0.717) is 5.75 Å². The van der Waals surface area contributed by atoms with Crippen molar-refractivity contribution in [1.29, 1.82) is 0 Å². The van der Waals surface area contributed by atoms with Gasteiger partial charge in [-0.3, -0.25) is 20.4 Å². The van der Waals surface area contributed by atoms with Gasteiger partial charge in [0.15, 0.2) is 0 Å². The highest BCUT2D eigenvalue weighted by molar-refractivity contribution is 6.02. The van der Waals surface area contributed by atoms with Crippen molar-refractivity contribution in [3.63, 3.8) is 0 Å². The van der Waals surface area contributed by atoms with E-state index in [9.17, 15) is 14.7 Å². The SMILES string of the molecule is COc1ccc(C)cc1CC(=O)NNC(=O)c1cc2ccccc2cc1O. The molecule has 0 aliphatic rings. The molecule has 3 rings (SSSR count). The fraction of sp³-hybridized carbons (Fsp3) is 0.143. The fourth-order valence-electron chi connectivity index (χ4n) is 2.87. The lowest BCUT2D eigenvalue weighted by Crippen LogP contribution is -2.42. The summed E-state index contributed by atoms with van der Waals surface area (Å²) in [6.45, 7) is 1.92. The first kappa shape index (κ1) is 18.3. The molecule has 2 amide bonds. The van der Waals surface area contributed by atoms with E-state index in [1.165, 1.54) is 13.2 Å².